The van der Waals surface area contributed by atoms with Crippen molar-refractivity contribution in [2.45, 2.75) is 18.4 Å². The highest BCUT2D eigenvalue weighted by atomic mass is 35.5. The summed E-state index contributed by atoms with van der Waals surface area (Å²) in [5, 5.41) is 0.599. The van der Waals surface area contributed by atoms with E-state index < -0.39 is 15.9 Å². The van der Waals surface area contributed by atoms with Gasteiger partial charge in [0.25, 0.3) is 15.9 Å². The Kier molecular flexibility index (Phi) is 7.47. The number of nitrogens with one attached hydrogen (secondary N) is 1. The number of carbonyl (C=O) groups excluding carboxylic acids is 1. The minimum absolute atomic E-state index is 0.135. The Bertz CT molecular complexity index is 1500. The van der Waals surface area contributed by atoms with Crippen LogP contribution in [0.3, 0.4) is 0 Å². The van der Waals surface area contributed by atoms with E-state index in [1.54, 1.807) is 42.5 Å². The fraction of sp³-hybridized carbons (Fsp3) is 0.167. The lowest BCUT2D eigenvalue weighted by atomic mass is 10.2. The molecule has 0 aliphatic heterocycles. The van der Waals surface area contributed by atoms with Crippen LogP contribution >= 0.6 is 22.9 Å². The second-order valence-corrected chi connectivity index (χ2v) is 10.4. The molecule has 0 atom stereocenters. The van der Waals surface area contributed by atoms with Crippen molar-refractivity contribution >= 4 is 54.8 Å². The quantitative estimate of drug-likeness (QED) is 0.337. The number of benzene rings is 3. The van der Waals surface area contributed by atoms with Crippen molar-refractivity contribution in [3.8, 4) is 0 Å². The molecule has 3 aromatic carbocycles. The maximum Gasteiger partial charge on any atom is 0.279 e. The zero-order chi connectivity index (χ0) is 24.1. The molecule has 4 rings (SSSR count). The molecule has 0 saturated heterocycles. The molecule has 176 valence electrons. The first-order chi connectivity index (χ1) is 16.4. The summed E-state index contributed by atoms with van der Waals surface area (Å²) in [5.41, 5.74) is 1.45. The van der Waals surface area contributed by atoms with Gasteiger partial charge in [0.1, 0.15) is 0 Å². The molecule has 1 amide bonds. The number of rotatable bonds is 8. The van der Waals surface area contributed by atoms with E-state index in [9.17, 15) is 13.2 Å². The Labute approximate surface area is 206 Å². The number of hydrogen-bond donors (Lipinski definition) is 1. The van der Waals surface area contributed by atoms with Crippen LogP contribution in [0.2, 0.25) is 5.02 Å². The highest BCUT2D eigenvalue weighted by Gasteiger charge is 2.15. The van der Waals surface area contributed by atoms with Crippen molar-refractivity contribution in [1.29, 1.82) is 0 Å². The lowest BCUT2D eigenvalue weighted by Crippen LogP contribution is -2.20. The third-order valence-corrected chi connectivity index (χ3v) is 7.59. The molecule has 0 aliphatic carbocycles. The minimum Gasteiger partial charge on any atom is -0.380 e. The van der Waals surface area contributed by atoms with Crippen LogP contribution in [0.4, 0.5) is 5.69 Å². The molecule has 0 aliphatic rings. The van der Waals surface area contributed by atoms with Crippen molar-refractivity contribution in [2.24, 2.45) is 4.99 Å². The van der Waals surface area contributed by atoms with Gasteiger partial charge in [0.05, 0.1) is 21.7 Å². The van der Waals surface area contributed by atoms with Gasteiger partial charge in [-0.2, -0.15) is 4.99 Å². The summed E-state index contributed by atoms with van der Waals surface area (Å²) in [6, 6.07) is 19.8. The Morgan fingerprint density at radius 3 is 2.65 bits per heavy atom. The molecule has 0 spiro atoms. The molecule has 0 radical (unpaired) electrons. The monoisotopic (exact) mass is 515 g/mol. The average molecular weight is 516 g/mol. The zero-order valence-corrected chi connectivity index (χ0v) is 20.7. The fourth-order valence-corrected chi connectivity index (χ4v) is 5.73. The van der Waals surface area contributed by atoms with E-state index in [0.29, 0.717) is 29.6 Å². The van der Waals surface area contributed by atoms with Crippen LogP contribution in [0, 0.1) is 0 Å². The van der Waals surface area contributed by atoms with Crippen LogP contribution in [-0.4, -0.2) is 32.1 Å². The lowest BCUT2D eigenvalue weighted by Gasteiger charge is -2.08. The SMILES string of the molecule is CCOCCn1c(=NC(=O)c2cccc(NS(=O)(=O)c3ccccc3)c2)sc2cc(Cl)ccc21. The van der Waals surface area contributed by atoms with Crippen molar-refractivity contribution in [1.82, 2.24) is 4.57 Å². The molecular formula is C24H22ClN3O4S2. The Morgan fingerprint density at radius 1 is 1.09 bits per heavy atom. The third kappa shape index (κ3) is 5.56. The first-order valence-electron chi connectivity index (χ1n) is 10.5. The number of amides is 1. The summed E-state index contributed by atoms with van der Waals surface area (Å²) in [4.78, 5) is 18.0. The molecule has 1 N–H and O–H groups in total. The van der Waals surface area contributed by atoms with Gasteiger partial charge in [-0.05, 0) is 55.5 Å². The standard InChI is InChI=1S/C24H22ClN3O4S2/c1-2-32-14-13-28-21-12-11-18(25)16-22(21)33-24(28)26-23(29)17-7-6-8-19(15-17)27-34(30,31)20-9-4-3-5-10-20/h3-12,15-16,27H,2,13-14H2,1H3. The van der Waals surface area contributed by atoms with Crippen molar-refractivity contribution in [2.75, 3.05) is 17.9 Å². The average Bonchev–Trinajstić information content (AvgIpc) is 3.15. The topological polar surface area (TPSA) is 89.8 Å². The molecule has 7 nitrogen and oxygen atoms in total. The lowest BCUT2D eigenvalue weighted by molar-refractivity contribution is 0.0996. The van der Waals surface area contributed by atoms with Crippen LogP contribution < -0.4 is 9.52 Å². The number of hydrogen-bond acceptors (Lipinski definition) is 5. The summed E-state index contributed by atoms with van der Waals surface area (Å²) in [6.07, 6.45) is 0. The number of fused-ring (bicyclic) bond motifs is 1. The number of sulfonamides is 1. The summed E-state index contributed by atoms with van der Waals surface area (Å²) >= 11 is 7.50. The van der Waals surface area contributed by atoms with Gasteiger partial charge in [-0.1, -0.05) is 47.2 Å². The van der Waals surface area contributed by atoms with E-state index in [4.69, 9.17) is 16.3 Å². The van der Waals surface area contributed by atoms with Crippen LogP contribution in [0.15, 0.2) is 82.7 Å². The smallest absolute Gasteiger partial charge is 0.279 e. The first kappa shape index (κ1) is 24.2. The van der Waals surface area contributed by atoms with E-state index in [2.05, 4.69) is 9.71 Å². The van der Waals surface area contributed by atoms with Gasteiger partial charge in [-0.3, -0.25) is 9.52 Å². The number of thiazole rings is 1. The van der Waals surface area contributed by atoms with E-state index >= 15 is 0 Å². The van der Waals surface area contributed by atoms with E-state index in [1.165, 1.54) is 29.5 Å². The van der Waals surface area contributed by atoms with E-state index in [-0.39, 0.29) is 16.1 Å². The summed E-state index contributed by atoms with van der Waals surface area (Å²) in [6.45, 7) is 3.51. The number of carbonyl (C=O) groups is 1. The minimum atomic E-state index is -3.78. The molecule has 0 fully saturated rings. The number of halogens is 1. The van der Waals surface area contributed by atoms with E-state index in [1.807, 2.05) is 23.6 Å². The van der Waals surface area contributed by atoms with Crippen molar-refractivity contribution in [3.05, 3.63) is 88.2 Å². The van der Waals surface area contributed by atoms with E-state index in [0.717, 1.165) is 10.2 Å². The summed E-state index contributed by atoms with van der Waals surface area (Å²) in [5.74, 6) is -0.483. The van der Waals surface area contributed by atoms with Gasteiger partial charge in [-0.15, -0.1) is 0 Å². The maximum absolute atomic E-state index is 13.0. The number of anilines is 1. The normalized spacial score (nSPS) is 12.2. The highest BCUT2D eigenvalue weighted by molar-refractivity contribution is 7.92. The first-order valence-corrected chi connectivity index (χ1v) is 13.2. The van der Waals surface area contributed by atoms with Crippen LogP contribution in [0.5, 0.6) is 0 Å². The van der Waals surface area contributed by atoms with Gasteiger partial charge >= 0.3 is 0 Å². The number of ether oxygens (including phenoxy) is 1. The number of aromatic nitrogens is 1. The third-order valence-electron chi connectivity index (χ3n) is 4.92. The molecule has 10 heteroatoms. The Balaban J connectivity index is 1.66. The van der Waals surface area contributed by atoms with Gasteiger partial charge < -0.3 is 9.30 Å². The predicted molar refractivity (Wildman–Crippen MR) is 135 cm³/mol. The number of nitrogens with zero attached hydrogens (tertiary/aromatic N) is 2. The van der Waals surface area contributed by atoms with Gasteiger partial charge in [-0.25, -0.2) is 8.42 Å². The van der Waals surface area contributed by atoms with Crippen LogP contribution in [-0.2, 0) is 21.3 Å². The molecule has 0 saturated carbocycles. The van der Waals surface area contributed by atoms with Crippen LogP contribution in [0.1, 0.15) is 17.3 Å². The summed E-state index contributed by atoms with van der Waals surface area (Å²) < 4.78 is 36.1. The predicted octanol–water partition coefficient (Wildman–Crippen LogP) is 4.93. The van der Waals surface area contributed by atoms with Crippen molar-refractivity contribution in [3.63, 3.8) is 0 Å². The Hall–Kier alpha value is -2.98. The van der Waals surface area contributed by atoms with Gasteiger partial charge in [0, 0.05) is 29.4 Å². The largest absolute Gasteiger partial charge is 0.380 e. The Morgan fingerprint density at radius 2 is 1.88 bits per heavy atom. The van der Waals surface area contributed by atoms with Gasteiger partial charge in [0.15, 0.2) is 4.80 Å². The second kappa shape index (κ2) is 10.5. The molecule has 4 aromatic rings. The summed E-state index contributed by atoms with van der Waals surface area (Å²) in [7, 11) is -3.78. The fourth-order valence-electron chi connectivity index (χ4n) is 3.33. The van der Waals surface area contributed by atoms with Crippen molar-refractivity contribution < 1.29 is 17.9 Å². The van der Waals surface area contributed by atoms with Crippen LogP contribution in [0.25, 0.3) is 10.2 Å². The highest BCUT2D eigenvalue weighted by Crippen LogP contribution is 2.22. The molecular weight excluding hydrogens is 494 g/mol. The molecule has 0 bridgehead atoms. The zero-order valence-electron chi connectivity index (χ0n) is 18.3. The molecule has 0 unspecified atom stereocenters. The molecule has 1 aromatic heterocycles. The van der Waals surface area contributed by atoms with Gasteiger partial charge in [0.2, 0.25) is 0 Å². The molecule has 34 heavy (non-hydrogen) atoms. The molecule has 1 heterocycles. The maximum atomic E-state index is 13.0. The second-order valence-electron chi connectivity index (χ2n) is 7.26.